The fraction of sp³-hybridized carbons (Fsp3) is 0.625. The Bertz CT molecular complexity index is 417. The SMILES string of the molecule is C=CC=O.COCC(C)(C)C(=O)C(=O)N1CCNCC1C.O=CO. The van der Waals surface area contributed by atoms with Gasteiger partial charge in [-0.3, -0.25) is 19.2 Å². The summed E-state index contributed by atoms with van der Waals surface area (Å²) < 4.78 is 4.99. The molecule has 1 aliphatic rings. The molecule has 1 unspecified atom stereocenters. The van der Waals surface area contributed by atoms with Gasteiger partial charge in [-0.2, -0.15) is 0 Å². The molecule has 0 aromatic rings. The van der Waals surface area contributed by atoms with E-state index in [0.29, 0.717) is 12.8 Å². The maximum Gasteiger partial charge on any atom is 0.290 e. The number of methoxy groups -OCH3 is 1. The Morgan fingerprint density at radius 3 is 2.29 bits per heavy atom. The monoisotopic (exact) mass is 344 g/mol. The zero-order valence-corrected chi connectivity index (χ0v) is 14.8. The summed E-state index contributed by atoms with van der Waals surface area (Å²) in [6.45, 7) is 10.6. The van der Waals surface area contributed by atoms with Crippen molar-refractivity contribution in [2.24, 2.45) is 5.41 Å². The topological polar surface area (TPSA) is 113 Å². The quantitative estimate of drug-likeness (QED) is 0.414. The summed E-state index contributed by atoms with van der Waals surface area (Å²) in [6.07, 6.45) is 1.83. The number of carbonyl (C=O) groups is 4. The number of ketones is 1. The van der Waals surface area contributed by atoms with E-state index in [-0.39, 0.29) is 30.8 Å². The van der Waals surface area contributed by atoms with E-state index < -0.39 is 5.41 Å². The van der Waals surface area contributed by atoms with E-state index in [1.165, 1.54) is 13.2 Å². The minimum atomic E-state index is -0.754. The third-order valence-corrected chi connectivity index (χ3v) is 3.17. The number of piperazine rings is 1. The van der Waals surface area contributed by atoms with Gasteiger partial charge in [0.2, 0.25) is 5.78 Å². The third-order valence-electron chi connectivity index (χ3n) is 3.17. The van der Waals surface area contributed by atoms with Crippen molar-refractivity contribution in [1.82, 2.24) is 10.2 Å². The summed E-state index contributed by atoms with van der Waals surface area (Å²) in [5.74, 6) is -0.755. The number of amides is 1. The van der Waals surface area contributed by atoms with E-state index in [1.54, 1.807) is 18.7 Å². The summed E-state index contributed by atoms with van der Waals surface area (Å²) in [5.41, 5.74) is -0.754. The molecule has 0 aliphatic carbocycles. The van der Waals surface area contributed by atoms with Crippen LogP contribution in [0.15, 0.2) is 12.7 Å². The Hall–Kier alpha value is -2.06. The van der Waals surface area contributed by atoms with Crippen molar-refractivity contribution < 1.29 is 29.0 Å². The molecule has 8 heteroatoms. The molecule has 1 heterocycles. The van der Waals surface area contributed by atoms with Gasteiger partial charge in [-0.25, -0.2) is 0 Å². The summed E-state index contributed by atoms with van der Waals surface area (Å²) in [5, 5.41) is 10.1. The molecule has 0 saturated carbocycles. The molecule has 1 amide bonds. The van der Waals surface area contributed by atoms with Crippen molar-refractivity contribution in [1.29, 1.82) is 0 Å². The number of nitrogens with one attached hydrogen (secondary N) is 1. The van der Waals surface area contributed by atoms with E-state index in [9.17, 15) is 9.59 Å². The number of rotatable bonds is 5. The number of hydrogen-bond acceptors (Lipinski definition) is 6. The fourth-order valence-electron chi connectivity index (χ4n) is 1.99. The minimum Gasteiger partial charge on any atom is -0.483 e. The fourth-order valence-corrected chi connectivity index (χ4v) is 1.99. The van der Waals surface area contributed by atoms with E-state index in [1.807, 2.05) is 6.92 Å². The maximum absolute atomic E-state index is 12.1. The lowest BCUT2D eigenvalue weighted by molar-refractivity contribution is -0.152. The third kappa shape index (κ3) is 9.16. The first kappa shape index (κ1) is 24.2. The van der Waals surface area contributed by atoms with Crippen LogP contribution >= 0.6 is 0 Å². The van der Waals surface area contributed by atoms with Gasteiger partial charge in [-0.1, -0.05) is 20.4 Å². The zero-order valence-electron chi connectivity index (χ0n) is 14.8. The molecule has 2 N–H and O–H groups in total. The highest BCUT2D eigenvalue weighted by Gasteiger charge is 2.37. The summed E-state index contributed by atoms with van der Waals surface area (Å²) in [4.78, 5) is 43.3. The normalized spacial score (nSPS) is 16.5. The molecule has 0 aromatic heterocycles. The Labute approximate surface area is 142 Å². The molecule has 1 rings (SSSR count). The molecular formula is C16H28N2O6. The van der Waals surface area contributed by atoms with Crippen LogP contribution in [0.1, 0.15) is 20.8 Å². The lowest BCUT2D eigenvalue weighted by Crippen LogP contribution is -2.56. The zero-order chi connectivity index (χ0) is 19.2. The van der Waals surface area contributed by atoms with Gasteiger partial charge in [-0.15, -0.1) is 0 Å². The van der Waals surface area contributed by atoms with Crippen LogP contribution in [0.4, 0.5) is 0 Å². The molecule has 1 atom stereocenters. The van der Waals surface area contributed by atoms with Gasteiger partial charge in [0, 0.05) is 32.8 Å². The van der Waals surface area contributed by atoms with E-state index in [0.717, 1.165) is 13.1 Å². The summed E-state index contributed by atoms with van der Waals surface area (Å²) in [7, 11) is 1.53. The van der Waals surface area contributed by atoms with Gasteiger partial charge in [0.1, 0.15) is 6.29 Å². The molecule has 1 saturated heterocycles. The van der Waals surface area contributed by atoms with Gasteiger partial charge < -0.3 is 20.1 Å². The Morgan fingerprint density at radius 1 is 1.42 bits per heavy atom. The average molecular weight is 344 g/mol. The molecule has 0 radical (unpaired) electrons. The predicted molar refractivity (Wildman–Crippen MR) is 89.7 cm³/mol. The number of Topliss-reactive ketones (excluding diaryl/α,β-unsaturated/α-hetero) is 1. The van der Waals surface area contributed by atoms with Crippen molar-refractivity contribution in [2.45, 2.75) is 26.8 Å². The molecule has 8 nitrogen and oxygen atoms in total. The molecule has 1 fully saturated rings. The van der Waals surface area contributed by atoms with Crippen LogP contribution in [0, 0.1) is 5.41 Å². The highest BCUT2D eigenvalue weighted by molar-refractivity contribution is 6.38. The van der Waals surface area contributed by atoms with E-state index >= 15 is 0 Å². The Kier molecular flexibility index (Phi) is 13.5. The number of hydrogen-bond donors (Lipinski definition) is 2. The first-order valence-electron chi connectivity index (χ1n) is 7.42. The second-order valence-electron chi connectivity index (χ2n) is 5.67. The first-order valence-corrected chi connectivity index (χ1v) is 7.42. The minimum absolute atomic E-state index is 0.0681. The number of allylic oxidation sites excluding steroid dienone is 1. The van der Waals surface area contributed by atoms with Crippen molar-refractivity contribution in [3.63, 3.8) is 0 Å². The lowest BCUT2D eigenvalue weighted by atomic mass is 9.88. The van der Waals surface area contributed by atoms with E-state index in [4.69, 9.17) is 19.4 Å². The average Bonchev–Trinajstić information content (AvgIpc) is 2.55. The van der Waals surface area contributed by atoms with Gasteiger partial charge in [0.05, 0.1) is 12.0 Å². The Morgan fingerprint density at radius 2 is 1.92 bits per heavy atom. The molecule has 138 valence electrons. The van der Waals surface area contributed by atoms with Crippen LogP contribution in [0.2, 0.25) is 0 Å². The van der Waals surface area contributed by atoms with Crippen LogP contribution < -0.4 is 5.32 Å². The van der Waals surface area contributed by atoms with Crippen molar-refractivity contribution in [3.8, 4) is 0 Å². The Balaban J connectivity index is 0. The predicted octanol–water partition coefficient (Wildman–Crippen LogP) is 0.121. The van der Waals surface area contributed by atoms with Crippen molar-refractivity contribution >= 4 is 24.4 Å². The first-order chi connectivity index (χ1) is 11.2. The van der Waals surface area contributed by atoms with Crippen LogP contribution in [-0.2, 0) is 23.9 Å². The molecule has 0 aromatic carbocycles. The maximum atomic E-state index is 12.1. The van der Waals surface area contributed by atoms with E-state index in [2.05, 4.69) is 11.9 Å². The number of carbonyl (C=O) groups excluding carboxylic acids is 3. The molecule has 24 heavy (non-hydrogen) atoms. The number of carboxylic acid groups (broad SMARTS) is 1. The van der Waals surface area contributed by atoms with Crippen LogP contribution in [0.5, 0.6) is 0 Å². The molecule has 0 spiro atoms. The second kappa shape index (κ2) is 13.4. The highest BCUT2D eigenvalue weighted by Crippen LogP contribution is 2.19. The highest BCUT2D eigenvalue weighted by atomic mass is 16.5. The van der Waals surface area contributed by atoms with Gasteiger partial charge in [-0.05, 0) is 13.0 Å². The lowest BCUT2D eigenvalue weighted by Gasteiger charge is -2.35. The smallest absolute Gasteiger partial charge is 0.290 e. The van der Waals surface area contributed by atoms with Gasteiger partial charge in [0.15, 0.2) is 0 Å². The molecule has 0 bridgehead atoms. The largest absolute Gasteiger partial charge is 0.483 e. The standard InChI is InChI=1S/C12H22N2O3.C3H4O.CH2O2/c1-9-7-13-5-6-14(9)11(16)10(15)12(2,3)8-17-4;1-2-3-4;2-1-3/h9,13H,5-8H2,1-4H3;2-3H,1H2;1H,(H,2,3). The second-order valence-corrected chi connectivity index (χ2v) is 5.67. The summed E-state index contributed by atoms with van der Waals surface area (Å²) in [6, 6.07) is 0.0681. The van der Waals surface area contributed by atoms with Crippen molar-refractivity contribution in [3.05, 3.63) is 12.7 Å². The molecule has 1 aliphatic heterocycles. The van der Waals surface area contributed by atoms with Crippen LogP contribution in [0.25, 0.3) is 0 Å². The van der Waals surface area contributed by atoms with Gasteiger partial charge >= 0.3 is 0 Å². The van der Waals surface area contributed by atoms with Crippen LogP contribution in [-0.4, -0.2) is 73.8 Å². The number of nitrogens with zero attached hydrogens (tertiary/aromatic N) is 1. The number of ether oxygens (including phenoxy) is 1. The molecular weight excluding hydrogens is 316 g/mol. The summed E-state index contributed by atoms with van der Waals surface area (Å²) >= 11 is 0. The number of aldehydes is 1. The van der Waals surface area contributed by atoms with Gasteiger partial charge in [0.25, 0.3) is 12.4 Å². The van der Waals surface area contributed by atoms with Crippen molar-refractivity contribution in [2.75, 3.05) is 33.4 Å². The van der Waals surface area contributed by atoms with Crippen LogP contribution in [0.3, 0.4) is 0 Å².